The number of hydrogen-bond donors (Lipinski definition) is 1. The molecule has 1 fully saturated rings. The number of rotatable bonds is 24. The number of likely N-dealkylation sites (tertiary alicyclic amines) is 1. The van der Waals surface area contributed by atoms with E-state index in [0.717, 1.165) is 41.1 Å². The summed E-state index contributed by atoms with van der Waals surface area (Å²) in [5.41, 5.74) is 4.48. The van der Waals surface area contributed by atoms with Crippen LogP contribution in [0.15, 0.2) is 29.8 Å². The zero-order valence-electron chi connectivity index (χ0n) is 30.1. The van der Waals surface area contributed by atoms with Crippen LogP contribution in [0, 0.1) is 18.3 Å². The molecule has 1 aromatic heterocycles. The summed E-state index contributed by atoms with van der Waals surface area (Å²) in [5.74, 6) is -0.850. The molecule has 1 N–H and O–H groups in total. The fourth-order valence-corrected chi connectivity index (χ4v) is 6.38. The van der Waals surface area contributed by atoms with E-state index in [-0.39, 0.29) is 37.0 Å². The van der Waals surface area contributed by atoms with Gasteiger partial charge in [0.2, 0.25) is 11.8 Å². The second-order valence-electron chi connectivity index (χ2n) is 13.3. The summed E-state index contributed by atoms with van der Waals surface area (Å²) in [7, 11) is 0. The third-order valence-corrected chi connectivity index (χ3v) is 9.38. The van der Waals surface area contributed by atoms with Crippen LogP contribution in [0.4, 0.5) is 0 Å². The minimum Gasteiger partial charge on any atom is -0.379 e. The molecule has 1 aromatic carbocycles. The monoisotopic (exact) mass is 703 g/mol. The van der Waals surface area contributed by atoms with Crippen molar-refractivity contribution in [3.8, 4) is 10.4 Å². The highest BCUT2D eigenvalue weighted by Gasteiger charge is 2.41. The number of benzene rings is 1. The van der Waals surface area contributed by atoms with E-state index >= 15 is 0 Å². The molecule has 49 heavy (non-hydrogen) atoms. The van der Waals surface area contributed by atoms with Gasteiger partial charge in [-0.3, -0.25) is 14.4 Å². The topological polar surface area (TPSA) is 126 Å². The third kappa shape index (κ3) is 14.6. The maximum atomic E-state index is 13.8. The van der Waals surface area contributed by atoms with Gasteiger partial charge >= 0.3 is 0 Å². The number of Topliss-reactive ketones (excluding diaryl/α,β-unsaturated/α-hetero) is 1. The largest absolute Gasteiger partial charge is 0.379 e. The van der Waals surface area contributed by atoms with Crippen molar-refractivity contribution < 1.29 is 38.1 Å². The van der Waals surface area contributed by atoms with Crippen LogP contribution in [0.1, 0.15) is 71.1 Å². The highest BCUT2D eigenvalue weighted by Crippen LogP contribution is 2.34. The molecule has 0 aliphatic carbocycles. The Morgan fingerprint density at radius 2 is 1.47 bits per heavy atom. The quantitative estimate of drug-likeness (QED) is 0.146. The Kier molecular flexibility index (Phi) is 18.4. The summed E-state index contributed by atoms with van der Waals surface area (Å²) in [6.07, 6.45) is 2.70. The predicted octanol–water partition coefficient (Wildman–Crippen LogP) is 5.23. The van der Waals surface area contributed by atoms with E-state index in [1.165, 1.54) is 0 Å². The molecular formula is C37H57N3O8S. The zero-order valence-corrected chi connectivity index (χ0v) is 30.9. The Hall–Kier alpha value is -2.74. The van der Waals surface area contributed by atoms with Gasteiger partial charge in [-0.25, -0.2) is 4.98 Å². The number of amides is 2. The second kappa shape index (κ2) is 22.2. The van der Waals surface area contributed by atoms with Gasteiger partial charge in [-0.05, 0) is 42.7 Å². The molecule has 0 unspecified atom stereocenters. The van der Waals surface area contributed by atoms with Gasteiger partial charge in [-0.2, -0.15) is 0 Å². The van der Waals surface area contributed by atoms with E-state index in [9.17, 15) is 14.4 Å². The van der Waals surface area contributed by atoms with Crippen molar-refractivity contribution >= 4 is 28.9 Å². The van der Waals surface area contributed by atoms with Gasteiger partial charge in [0.05, 0.1) is 75.5 Å². The van der Waals surface area contributed by atoms with E-state index in [0.29, 0.717) is 72.4 Å². The minimum absolute atomic E-state index is 0.0288. The summed E-state index contributed by atoms with van der Waals surface area (Å²) in [6.45, 7) is 15.8. The number of aromatic nitrogens is 1. The van der Waals surface area contributed by atoms with Crippen LogP contribution in [0.25, 0.3) is 10.4 Å². The molecule has 1 aliphatic rings. The van der Waals surface area contributed by atoms with Crippen LogP contribution < -0.4 is 5.32 Å². The van der Waals surface area contributed by atoms with E-state index in [1.807, 2.05) is 57.5 Å². The number of nitrogens with zero attached hydrogens (tertiary/aromatic N) is 2. The number of aryl methyl sites for hydroxylation is 1. The van der Waals surface area contributed by atoms with Crippen LogP contribution in [-0.4, -0.2) is 106 Å². The molecule has 12 heteroatoms. The maximum absolute atomic E-state index is 13.8. The highest BCUT2D eigenvalue weighted by molar-refractivity contribution is 7.13. The van der Waals surface area contributed by atoms with Gasteiger partial charge in [0.25, 0.3) is 0 Å². The van der Waals surface area contributed by atoms with Gasteiger partial charge in [-0.15, -0.1) is 11.3 Å². The third-order valence-electron chi connectivity index (χ3n) is 8.40. The van der Waals surface area contributed by atoms with Gasteiger partial charge in [0.1, 0.15) is 11.8 Å². The number of carbonyl (C=O) groups is 3. The molecule has 0 saturated carbocycles. The number of ether oxygens (including phenoxy) is 5. The van der Waals surface area contributed by atoms with Crippen molar-refractivity contribution in [1.82, 2.24) is 15.2 Å². The normalized spacial score (nSPS) is 15.4. The lowest BCUT2D eigenvalue weighted by Crippen LogP contribution is -2.50. The van der Waals surface area contributed by atoms with Gasteiger partial charge in [0.15, 0.2) is 0 Å². The molecule has 1 aliphatic heterocycles. The lowest BCUT2D eigenvalue weighted by Gasteiger charge is -2.34. The lowest BCUT2D eigenvalue weighted by molar-refractivity contribution is -0.146. The Morgan fingerprint density at radius 3 is 2.00 bits per heavy atom. The first kappa shape index (κ1) is 40.7. The van der Waals surface area contributed by atoms with E-state index in [2.05, 4.69) is 17.2 Å². The molecule has 1 saturated heterocycles. The molecule has 0 radical (unpaired) electrons. The number of nitrogens with one attached hydrogen (secondary N) is 1. The molecule has 274 valence electrons. The lowest BCUT2D eigenvalue weighted by atomic mass is 9.76. The second-order valence-corrected chi connectivity index (χ2v) is 14.2. The molecule has 2 atom stereocenters. The van der Waals surface area contributed by atoms with Crippen molar-refractivity contribution in [3.63, 3.8) is 0 Å². The van der Waals surface area contributed by atoms with Crippen molar-refractivity contribution in [3.05, 3.63) is 41.0 Å². The Balaban J connectivity index is 1.33. The number of hydrogen-bond acceptors (Lipinski definition) is 10. The van der Waals surface area contributed by atoms with E-state index in [4.69, 9.17) is 23.7 Å². The van der Waals surface area contributed by atoms with E-state index in [1.54, 1.807) is 16.2 Å². The molecule has 0 spiro atoms. The first-order valence-electron chi connectivity index (χ1n) is 17.6. The van der Waals surface area contributed by atoms with Crippen LogP contribution >= 0.6 is 11.3 Å². The Morgan fingerprint density at radius 1 is 0.898 bits per heavy atom. The summed E-state index contributed by atoms with van der Waals surface area (Å²) in [6, 6.07) is 7.56. The standard InChI is InChI=1S/C37H57N3O8S/c1-6-15-44-17-19-46-21-23-48-24-22-47-20-18-45-16-13-31(41)25-32(37(3,4)5)36(43)40-14-7-8-33(40)35(42)38-26-29-9-11-30(12-10-29)34-28(2)39-27-49-34/h9-12,27,32-33H,6-8,13-26H2,1-5H3,(H,38,42)/t32-,33-/m1/s1. The smallest absolute Gasteiger partial charge is 0.243 e. The van der Waals surface area contributed by atoms with Crippen molar-refractivity contribution in [2.24, 2.45) is 11.3 Å². The first-order valence-corrected chi connectivity index (χ1v) is 18.5. The van der Waals surface area contributed by atoms with Crippen molar-refractivity contribution in [1.29, 1.82) is 0 Å². The summed E-state index contributed by atoms with van der Waals surface area (Å²) >= 11 is 1.61. The summed E-state index contributed by atoms with van der Waals surface area (Å²) in [5, 5.41) is 3.03. The molecule has 2 amide bonds. The molecule has 11 nitrogen and oxygen atoms in total. The summed E-state index contributed by atoms with van der Waals surface area (Å²) in [4.78, 5) is 47.2. The molecule has 3 rings (SSSR count). The highest BCUT2D eigenvalue weighted by atomic mass is 32.1. The number of carbonyl (C=O) groups excluding carboxylic acids is 3. The Labute approximate surface area is 296 Å². The molecule has 2 aromatic rings. The van der Waals surface area contributed by atoms with Crippen LogP contribution in [-0.2, 0) is 44.6 Å². The SMILES string of the molecule is CCCOCCOCCOCCOCCOCCC(=O)C[C@H](C(=O)N1CCC[C@@H]1C(=O)NCc1ccc(-c2scnc2C)cc1)C(C)(C)C. The number of thiazole rings is 1. The first-order chi connectivity index (χ1) is 23.6. The predicted molar refractivity (Wildman–Crippen MR) is 190 cm³/mol. The van der Waals surface area contributed by atoms with E-state index < -0.39 is 17.4 Å². The maximum Gasteiger partial charge on any atom is 0.243 e. The van der Waals surface area contributed by atoms with Gasteiger partial charge < -0.3 is 33.9 Å². The molecule has 0 bridgehead atoms. The average Bonchev–Trinajstić information content (AvgIpc) is 3.75. The van der Waals surface area contributed by atoms with Crippen molar-refractivity contribution in [2.75, 3.05) is 72.6 Å². The van der Waals surface area contributed by atoms with Crippen LogP contribution in [0.3, 0.4) is 0 Å². The van der Waals surface area contributed by atoms with Crippen molar-refractivity contribution in [2.45, 2.75) is 79.3 Å². The Bertz CT molecular complexity index is 1260. The van der Waals surface area contributed by atoms with Crippen LogP contribution in [0.2, 0.25) is 0 Å². The average molecular weight is 704 g/mol. The fraction of sp³-hybridized carbons (Fsp3) is 0.676. The minimum atomic E-state index is -0.538. The number of ketones is 1. The van der Waals surface area contributed by atoms with Gasteiger partial charge in [-0.1, -0.05) is 52.0 Å². The molecule has 2 heterocycles. The summed E-state index contributed by atoms with van der Waals surface area (Å²) < 4.78 is 27.4. The van der Waals surface area contributed by atoms with Crippen LogP contribution in [0.5, 0.6) is 0 Å². The van der Waals surface area contributed by atoms with Gasteiger partial charge in [0, 0.05) is 38.5 Å². The fourth-order valence-electron chi connectivity index (χ4n) is 5.57. The zero-order chi connectivity index (χ0) is 35.5. The molecular weight excluding hydrogens is 646 g/mol.